The van der Waals surface area contributed by atoms with Gasteiger partial charge in [0.1, 0.15) is 12.4 Å². The van der Waals surface area contributed by atoms with Crippen LogP contribution >= 0.6 is 0 Å². The molecular weight excluding hydrogens is 292 g/mol. The van der Waals surface area contributed by atoms with Crippen molar-refractivity contribution in [2.75, 3.05) is 19.8 Å². The van der Waals surface area contributed by atoms with Crippen LogP contribution in [-0.2, 0) is 26.1 Å². The summed E-state index contributed by atoms with van der Waals surface area (Å²) in [5.74, 6) is 0.0237. The van der Waals surface area contributed by atoms with Gasteiger partial charge in [-0.3, -0.25) is 4.79 Å². The van der Waals surface area contributed by atoms with Crippen molar-refractivity contribution in [1.82, 2.24) is 0 Å². The number of carbonyl (C=O) groups excluding carboxylic acids is 1. The predicted octanol–water partition coefficient (Wildman–Crippen LogP) is 4.39. The van der Waals surface area contributed by atoms with E-state index >= 15 is 0 Å². The molecule has 0 aromatic heterocycles. The van der Waals surface area contributed by atoms with Crippen molar-refractivity contribution in [1.29, 1.82) is 0 Å². The molecule has 1 N–H and O–H groups in total. The lowest BCUT2D eigenvalue weighted by atomic mass is 9.84. The molecule has 0 bridgehead atoms. The summed E-state index contributed by atoms with van der Waals surface area (Å²) in [6.07, 6.45) is 0.205. The minimum atomic E-state index is -0.278. The Hall–Kier alpha value is -1.55. The van der Waals surface area contributed by atoms with E-state index in [2.05, 4.69) is 0 Å². The van der Waals surface area contributed by atoms with Gasteiger partial charge in [-0.1, -0.05) is 47.8 Å². The van der Waals surface area contributed by atoms with E-state index in [1.54, 1.807) is 0 Å². The second kappa shape index (κ2) is 10.3. The smallest absolute Gasteiger partial charge is 0.310 e. The molecular formula is C19H34O4. The third-order valence-electron chi connectivity index (χ3n) is 3.21. The summed E-state index contributed by atoms with van der Waals surface area (Å²) in [6, 6.07) is 3.71. The van der Waals surface area contributed by atoms with Crippen molar-refractivity contribution in [3.8, 4) is 5.75 Å². The Morgan fingerprint density at radius 3 is 2.30 bits per heavy atom. The summed E-state index contributed by atoms with van der Waals surface area (Å²) >= 11 is 0. The van der Waals surface area contributed by atoms with E-state index in [-0.39, 0.29) is 39.3 Å². The van der Waals surface area contributed by atoms with Crippen LogP contribution in [0.1, 0.15) is 59.2 Å². The van der Waals surface area contributed by atoms with Crippen molar-refractivity contribution < 1.29 is 19.4 Å². The molecule has 1 rings (SSSR count). The Morgan fingerprint density at radius 2 is 1.78 bits per heavy atom. The van der Waals surface area contributed by atoms with Gasteiger partial charge in [0.25, 0.3) is 0 Å². The summed E-state index contributed by atoms with van der Waals surface area (Å²) in [6.45, 7) is 11.1. The summed E-state index contributed by atoms with van der Waals surface area (Å²) in [7, 11) is 0. The van der Waals surface area contributed by atoms with Gasteiger partial charge in [-0.05, 0) is 36.0 Å². The molecule has 0 saturated heterocycles. The van der Waals surface area contributed by atoms with Crippen molar-refractivity contribution >= 4 is 5.97 Å². The van der Waals surface area contributed by atoms with E-state index in [4.69, 9.17) is 9.47 Å². The second-order valence-corrected chi connectivity index (χ2v) is 6.15. The monoisotopic (exact) mass is 326 g/mol. The molecule has 0 unspecified atom stereocenters. The lowest BCUT2D eigenvalue weighted by Gasteiger charge is -2.22. The molecule has 4 heteroatoms. The first-order valence-corrected chi connectivity index (χ1v) is 7.32. The van der Waals surface area contributed by atoms with Crippen molar-refractivity contribution in [2.24, 2.45) is 0 Å². The molecule has 0 amide bonds. The van der Waals surface area contributed by atoms with Gasteiger partial charge in [0.2, 0.25) is 0 Å². The maximum atomic E-state index is 11.8. The molecule has 0 saturated carbocycles. The highest BCUT2D eigenvalue weighted by Crippen LogP contribution is 2.34. The van der Waals surface area contributed by atoms with Crippen LogP contribution in [0.25, 0.3) is 0 Å². The van der Waals surface area contributed by atoms with Crippen LogP contribution in [0.2, 0.25) is 0 Å². The third-order valence-corrected chi connectivity index (χ3v) is 3.21. The number of rotatable bonds is 6. The van der Waals surface area contributed by atoms with Gasteiger partial charge in [0.15, 0.2) is 0 Å². The molecule has 0 aliphatic heterocycles. The summed E-state index contributed by atoms with van der Waals surface area (Å²) in [5, 5.41) is 10.2. The molecule has 1 aromatic carbocycles. The number of hydrogen-bond acceptors (Lipinski definition) is 4. The molecule has 0 atom stereocenters. The minimum absolute atomic E-state index is 0. The first-order valence-electron chi connectivity index (χ1n) is 7.32. The zero-order chi connectivity index (χ0) is 16.0. The van der Waals surface area contributed by atoms with Crippen molar-refractivity contribution in [3.63, 3.8) is 0 Å². The number of phenolic OH excluding ortho intramolecular Hbond substituents is 1. The molecule has 4 nitrogen and oxygen atoms in total. The average molecular weight is 326 g/mol. The second-order valence-electron chi connectivity index (χ2n) is 6.15. The van der Waals surface area contributed by atoms with Crippen LogP contribution in [-0.4, -0.2) is 30.9 Å². The van der Waals surface area contributed by atoms with E-state index in [0.717, 1.165) is 16.7 Å². The van der Waals surface area contributed by atoms with Crippen LogP contribution in [0.4, 0.5) is 0 Å². The van der Waals surface area contributed by atoms with Gasteiger partial charge >= 0.3 is 5.97 Å². The highest BCUT2D eigenvalue weighted by atomic mass is 16.6. The Balaban J connectivity index is 0. The Labute approximate surface area is 141 Å². The Morgan fingerprint density at radius 1 is 1.17 bits per heavy atom. The van der Waals surface area contributed by atoms with Crippen molar-refractivity contribution in [3.05, 3.63) is 28.8 Å². The van der Waals surface area contributed by atoms with E-state index in [1.165, 1.54) is 0 Å². The topological polar surface area (TPSA) is 55.8 Å². The van der Waals surface area contributed by atoms with Crippen molar-refractivity contribution in [2.45, 2.75) is 61.3 Å². The maximum Gasteiger partial charge on any atom is 0.310 e. The molecule has 1 aromatic rings. The zero-order valence-corrected chi connectivity index (χ0v) is 13.7. The first-order chi connectivity index (χ1) is 9.75. The van der Waals surface area contributed by atoms with Crippen LogP contribution in [0.3, 0.4) is 0 Å². The van der Waals surface area contributed by atoms with E-state index in [0.29, 0.717) is 19.0 Å². The van der Waals surface area contributed by atoms with E-state index in [1.807, 2.05) is 46.8 Å². The molecule has 0 aliphatic carbocycles. The highest BCUT2D eigenvalue weighted by Gasteiger charge is 2.20. The lowest BCUT2D eigenvalue weighted by molar-refractivity contribution is -0.144. The summed E-state index contributed by atoms with van der Waals surface area (Å²) in [4.78, 5) is 11.8. The van der Waals surface area contributed by atoms with Crippen LogP contribution in [0.15, 0.2) is 12.1 Å². The standard InChI is InChI=1S/C17H26O4.2CH4/c1-6-20-7-8-21-15(18)11-13-9-12(2)16(19)14(10-13)17(3,4)5;;/h9-10,19H,6-8,11H2,1-5H3;2*1H4. The molecule has 0 fully saturated rings. The third kappa shape index (κ3) is 7.51. The number of benzene rings is 1. The Kier molecular flexibility index (Phi) is 10.6. The maximum absolute atomic E-state index is 11.8. The molecule has 0 spiro atoms. The normalized spacial score (nSPS) is 10.5. The van der Waals surface area contributed by atoms with Gasteiger partial charge in [0, 0.05) is 6.61 Å². The Bertz CT molecular complexity index is 487. The molecule has 0 aliphatic rings. The van der Waals surface area contributed by atoms with Gasteiger partial charge < -0.3 is 14.6 Å². The zero-order valence-electron chi connectivity index (χ0n) is 13.7. The number of aromatic hydroxyl groups is 1. The van der Waals surface area contributed by atoms with Crippen LogP contribution in [0.5, 0.6) is 5.75 Å². The summed E-state index contributed by atoms with van der Waals surface area (Å²) < 4.78 is 10.2. The van der Waals surface area contributed by atoms with Gasteiger partial charge in [-0.2, -0.15) is 0 Å². The van der Waals surface area contributed by atoms with Crippen LogP contribution < -0.4 is 0 Å². The molecule has 0 radical (unpaired) electrons. The molecule has 0 heterocycles. The van der Waals surface area contributed by atoms with E-state index < -0.39 is 0 Å². The number of ether oxygens (including phenoxy) is 2. The minimum Gasteiger partial charge on any atom is -0.507 e. The van der Waals surface area contributed by atoms with Gasteiger partial charge in [-0.15, -0.1) is 0 Å². The number of esters is 1. The van der Waals surface area contributed by atoms with Crippen LogP contribution in [0, 0.1) is 6.92 Å². The number of carbonyl (C=O) groups is 1. The summed E-state index contributed by atoms with van der Waals surface area (Å²) in [5.41, 5.74) is 2.31. The number of phenols is 1. The predicted molar refractivity (Wildman–Crippen MR) is 96.2 cm³/mol. The fraction of sp³-hybridized carbons (Fsp3) is 0.632. The molecule has 23 heavy (non-hydrogen) atoms. The fourth-order valence-electron chi connectivity index (χ4n) is 2.10. The van der Waals surface area contributed by atoms with Gasteiger partial charge in [-0.25, -0.2) is 0 Å². The average Bonchev–Trinajstić information content (AvgIpc) is 2.37. The quantitative estimate of drug-likeness (QED) is 0.622. The number of hydrogen-bond donors (Lipinski definition) is 1. The fourth-order valence-corrected chi connectivity index (χ4v) is 2.10. The SMILES string of the molecule is C.C.CCOCCOC(=O)Cc1cc(C)c(O)c(C(C)(C)C)c1. The van der Waals surface area contributed by atoms with Gasteiger partial charge in [0.05, 0.1) is 13.0 Å². The highest BCUT2D eigenvalue weighted by molar-refractivity contribution is 5.73. The molecule has 134 valence electrons. The lowest BCUT2D eigenvalue weighted by Crippen LogP contribution is -2.15. The number of aryl methyl sites for hydroxylation is 1. The van der Waals surface area contributed by atoms with E-state index in [9.17, 15) is 9.90 Å². The first kappa shape index (κ1) is 23.7. The largest absolute Gasteiger partial charge is 0.507 e.